The summed E-state index contributed by atoms with van der Waals surface area (Å²) in [5.74, 6) is 1.66. The van der Waals surface area contributed by atoms with Gasteiger partial charge < -0.3 is 14.8 Å². The van der Waals surface area contributed by atoms with Crippen LogP contribution in [0.3, 0.4) is 0 Å². The summed E-state index contributed by atoms with van der Waals surface area (Å²) in [6.45, 7) is 3.16. The maximum absolute atomic E-state index is 6.02. The van der Waals surface area contributed by atoms with Crippen molar-refractivity contribution in [3.05, 3.63) is 57.5 Å². The van der Waals surface area contributed by atoms with Crippen molar-refractivity contribution >= 4 is 0 Å². The maximum atomic E-state index is 6.02. The second-order valence-corrected chi connectivity index (χ2v) is 7.55. The number of ether oxygens (including phenoxy) is 2. The number of methoxy groups -OCH3 is 2. The van der Waals surface area contributed by atoms with Crippen LogP contribution in [-0.4, -0.2) is 26.9 Å². The van der Waals surface area contributed by atoms with Crippen molar-refractivity contribution in [3.63, 3.8) is 0 Å². The molecule has 4 rings (SSSR count). The molecule has 4 aliphatic rings. The van der Waals surface area contributed by atoms with Gasteiger partial charge in [0.25, 0.3) is 0 Å². The molecule has 1 N–H and O–H groups in total. The molecule has 3 nitrogen and oxygen atoms in total. The highest BCUT2D eigenvalue weighted by Crippen LogP contribution is 2.47. The van der Waals surface area contributed by atoms with E-state index in [2.05, 4.69) is 30.5 Å². The third kappa shape index (κ3) is 2.79. The van der Waals surface area contributed by atoms with E-state index in [-0.39, 0.29) is 6.10 Å². The number of rotatable bonds is 4. The Morgan fingerprint density at radius 3 is 2.80 bits per heavy atom. The van der Waals surface area contributed by atoms with E-state index in [9.17, 15) is 0 Å². The topological polar surface area (TPSA) is 30.5 Å². The lowest BCUT2D eigenvalue weighted by Gasteiger charge is -2.36. The summed E-state index contributed by atoms with van der Waals surface area (Å²) < 4.78 is 11.8. The van der Waals surface area contributed by atoms with Gasteiger partial charge in [-0.25, -0.2) is 0 Å². The molecule has 2 atom stereocenters. The average molecular weight is 339 g/mol. The fraction of sp³-hybridized carbons (Fsp3) is 0.545. The average Bonchev–Trinajstić information content (AvgIpc) is 2.81. The molecule has 2 unspecified atom stereocenters. The third-order valence-electron chi connectivity index (χ3n) is 6.05. The SMILES string of the molecule is CCCC1CC2=C(C3=C(OC)NCC4=C3C(=CC2)C=CC4)C(OC)C1. The molecule has 0 radical (unpaired) electrons. The summed E-state index contributed by atoms with van der Waals surface area (Å²) in [6, 6.07) is 0. The number of dihydropyridines is 1. The molecule has 1 aliphatic heterocycles. The lowest BCUT2D eigenvalue weighted by molar-refractivity contribution is 0.0980. The molecule has 134 valence electrons. The summed E-state index contributed by atoms with van der Waals surface area (Å²) in [4.78, 5) is 0. The Morgan fingerprint density at radius 2 is 2.04 bits per heavy atom. The van der Waals surface area contributed by atoms with E-state index in [1.54, 1.807) is 12.7 Å². The summed E-state index contributed by atoms with van der Waals surface area (Å²) in [5.41, 5.74) is 8.46. The molecule has 0 fully saturated rings. The van der Waals surface area contributed by atoms with Crippen molar-refractivity contribution < 1.29 is 9.47 Å². The highest BCUT2D eigenvalue weighted by molar-refractivity contribution is 5.68. The Bertz CT molecular complexity index is 720. The lowest BCUT2D eigenvalue weighted by Crippen LogP contribution is -2.33. The Kier molecular flexibility index (Phi) is 4.60. The largest absolute Gasteiger partial charge is 0.482 e. The van der Waals surface area contributed by atoms with Crippen LogP contribution in [0, 0.1) is 5.92 Å². The highest BCUT2D eigenvalue weighted by atomic mass is 16.5. The third-order valence-corrected chi connectivity index (χ3v) is 6.05. The van der Waals surface area contributed by atoms with Gasteiger partial charge in [0.2, 0.25) is 0 Å². The van der Waals surface area contributed by atoms with Gasteiger partial charge in [-0.2, -0.15) is 0 Å². The van der Waals surface area contributed by atoms with Crippen LogP contribution in [0.4, 0.5) is 0 Å². The zero-order valence-corrected chi connectivity index (χ0v) is 15.7. The second kappa shape index (κ2) is 6.87. The highest BCUT2D eigenvalue weighted by Gasteiger charge is 2.38. The Labute approximate surface area is 151 Å². The number of hydrogen-bond acceptors (Lipinski definition) is 3. The van der Waals surface area contributed by atoms with Crippen molar-refractivity contribution in [1.82, 2.24) is 5.32 Å². The van der Waals surface area contributed by atoms with Gasteiger partial charge >= 0.3 is 0 Å². The van der Waals surface area contributed by atoms with Crippen LogP contribution in [0.5, 0.6) is 0 Å². The molecule has 0 aromatic carbocycles. The molecule has 25 heavy (non-hydrogen) atoms. The van der Waals surface area contributed by atoms with Crippen molar-refractivity contribution in [3.8, 4) is 0 Å². The zero-order chi connectivity index (χ0) is 17.4. The van der Waals surface area contributed by atoms with Gasteiger partial charge in [0, 0.05) is 19.2 Å². The smallest absolute Gasteiger partial charge is 0.195 e. The van der Waals surface area contributed by atoms with Gasteiger partial charge in [-0.1, -0.05) is 43.6 Å². The Hall–Kier alpha value is -1.74. The van der Waals surface area contributed by atoms with Gasteiger partial charge in [-0.05, 0) is 53.9 Å². The number of allylic oxidation sites excluding steroid dienone is 6. The first-order chi connectivity index (χ1) is 12.3. The maximum Gasteiger partial charge on any atom is 0.195 e. The summed E-state index contributed by atoms with van der Waals surface area (Å²) in [7, 11) is 3.64. The Balaban J connectivity index is 1.88. The van der Waals surface area contributed by atoms with Crippen LogP contribution in [0.1, 0.15) is 45.4 Å². The zero-order valence-electron chi connectivity index (χ0n) is 15.7. The van der Waals surface area contributed by atoms with E-state index >= 15 is 0 Å². The lowest BCUT2D eigenvalue weighted by atomic mass is 9.74. The van der Waals surface area contributed by atoms with Crippen LogP contribution in [0.15, 0.2) is 57.5 Å². The van der Waals surface area contributed by atoms with Crippen LogP contribution < -0.4 is 5.32 Å². The van der Waals surface area contributed by atoms with Gasteiger partial charge in [0.1, 0.15) is 0 Å². The van der Waals surface area contributed by atoms with E-state index < -0.39 is 0 Å². The molecule has 1 heterocycles. The second-order valence-electron chi connectivity index (χ2n) is 7.55. The first kappa shape index (κ1) is 16.7. The molecule has 0 amide bonds. The standard InChI is InChI=1S/C22H29NO2/c1-4-6-14-11-16-10-9-15-7-5-8-17-13-23-22(25-3)21(19(15)17)20(16)18(12-14)24-2/h5,7,9,14,18,23H,4,6,8,10-13H2,1-3H3. The van der Waals surface area contributed by atoms with Crippen LogP contribution in [-0.2, 0) is 9.47 Å². The monoisotopic (exact) mass is 339 g/mol. The molecule has 0 spiro atoms. The molecule has 3 heteroatoms. The van der Waals surface area contributed by atoms with Crippen LogP contribution in [0.25, 0.3) is 0 Å². The van der Waals surface area contributed by atoms with E-state index in [0.717, 1.165) is 37.6 Å². The van der Waals surface area contributed by atoms with Crippen molar-refractivity contribution in [2.45, 2.75) is 51.6 Å². The first-order valence-electron chi connectivity index (χ1n) is 9.63. The summed E-state index contributed by atoms with van der Waals surface area (Å²) in [6.07, 6.45) is 14.1. The van der Waals surface area contributed by atoms with E-state index in [1.165, 1.54) is 47.1 Å². The fourth-order valence-corrected chi connectivity index (χ4v) is 4.99. The van der Waals surface area contributed by atoms with Gasteiger partial charge in [-0.3, -0.25) is 0 Å². The number of nitrogens with one attached hydrogen (secondary N) is 1. The van der Waals surface area contributed by atoms with Gasteiger partial charge in [0.15, 0.2) is 5.88 Å². The van der Waals surface area contributed by atoms with Gasteiger partial charge in [0.05, 0.1) is 13.2 Å². The number of fused-ring (bicyclic) bond motifs is 1. The predicted molar refractivity (Wildman–Crippen MR) is 101 cm³/mol. The molecule has 0 saturated heterocycles. The molecule has 3 aliphatic carbocycles. The first-order valence-corrected chi connectivity index (χ1v) is 9.63. The van der Waals surface area contributed by atoms with Crippen LogP contribution >= 0.6 is 0 Å². The minimum atomic E-state index is 0.174. The molecular weight excluding hydrogens is 310 g/mol. The van der Waals surface area contributed by atoms with E-state index in [4.69, 9.17) is 9.47 Å². The summed E-state index contributed by atoms with van der Waals surface area (Å²) in [5, 5.41) is 3.51. The minimum Gasteiger partial charge on any atom is -0.482 e. The van der Waals surface area contributed by atoms with E-state index in [0.29, 0.717) is 0 Å². The van der Waals surface area contributed by atoms with Crippen molar-refractivity contribution in [1.29, 1.82) is 0 Å². The minimum absolute atomic E-state index is 0.174. The Morgan fingerprint density at radius 1 is 1.16 bits per heavy atom. The molecule has 0 bridgehead atoms. The van der Waals surface area contributed by atoms with E-state index in [1.807, 2.05) is 7.11 Å². The fourth-order valence-electron chi connectivity index (χ4n) is 4.99. The number of hydrogen-bond donors (Lipinski definition) is 1. The molecule has 0 aromatic heterocycles. The van der Waals surface area contributed by atoms with Crippen LogP contribution in [0.2, 0.25) is 0 Å². The van der Waals surface area contributed by atoms with Crippen molar-refractivity contribution in [2.24, 2.45) is 5.92 Å². The quantitative estimate of drug-likeness (QED) is 0.815. The molecule has 0 saturated carbocycles. The predicted octanol–water partition coefficient (Wildman–Crippen LogP) is 4.56. The molecule has 0 aromatic rings. The van der Waals surface area contributed by atoms with Crippen molar-refractivity contribution in [2.75, 3.05) is 20.8 Å². The normalized spacial score (nSPS) is 28.2. The summed E-state index contributed by atoms with van der Waals surface area (Å²) >= 11 is 0. The van der Waals surface area contributed by atoms with Gasteiger partial charge in [-0.15, -0.1) is 0 Å². The molecular formula is C22H29NO2.